The molecule has 1 fully saturated rings. The van der Waals surface area contributed by atoms with Crippen molar-refractivity contribution in [3.8, 4) is 0 Å². The molecule has 1 saturated carbocycles. The van der Waals surface area contributed by atoms with Crippen LogP contribution in [0.15, 0.2) is 30.3 Å². The Bertz CT molecular complexity index is 833. The van der Waals surface area contributed by atoms with Gasteiger partial charge in [-0.3, -0.25) is 9.59 Å². The van der Waals surface area contributed by atoms with E-state index in [2.05, 4.69) is 15.0 Å². The molecule has 182 valence electrons. The molecule has 1 aliphatic rings. The maximum atomic E-state index is 13.3. The Balaban J connectivity index is 1.89. The number of hydrogen-bond donors (Lipinski definition) is 3. The minimum absolute atomic E-state index is 0.0163. The summed E-state index contributed by atoms with van der Waals surface area (Å²) in [5, 5.41) is 18.4. The Hall–Kier alpha value is -3.44. The summed E-state index contributed by atoms with van der Waals surface area (Å²) in [6.45, 7) is 4.98. The van der Waals surface area contributed by atoms with E-state index in [4.69, 9.17) is 10.4 Å². The van der Waals surface area contributed by atoms with Crippen molar-refractivity contribution in [1.82, 2.24) is 10.2 Å². The van der Waals surface area contributed by atoms with Crippen LogP contribution in [0, 0.1) is 15.7 Å². The lowest BCUT2D eigenvalue weighted by Gasteiger charge is -2.26. The molecule has 33 heavy (non-hydrogen) atoms. The van der Waals surface area contributed by atoms with Gasteiger partial charge in [-0.1, -0.05) is 30.3 Å². The molecule has 0 aromatic heterocycles. The lowest BCUT2D eigenvalue weighted by molar-refractivity contribution is -0.995. The smallest absolute Gasteiger partial charge is 0.356 e. The number of carbonyl (C=O) groups excluding carboxylic acids is 2. The number of likely N-dealkylation sites (N-methyl/N-ethyl adjacent to an activating group) is 1. The third-order valence-corrected chi connectivity index (χ3v) is 5.91. The van der Waals surface area contributed by atoms with E-state index in [1.807, 2.05) is 49.1 Å². The largest absolute Gasteiger partial charge is 0.475 e. The molecule has 3 atom stereocenters. The van der Waals surface area contributed by atoms with E-state index in [9.17, 15) is 19.4 Å². The predicted molar refractivity (Wildman–Crippen MR) is 113 cm³/mol. The van der Waals surface area contributed by atoms with Crippen LogP contribution in [0.25, 0.3) is 0 Å². The van der Waals surface area contributed by atoms with Crippen molar-refractivity contribution in [1.29, 1.82) is 0 Å². The van der Waals surface area contributed by atoms with Crippen LogP contribution in [0.5, 0.6) is 0 Å². The highest BCUT2D eigenvalue weighted by Crippen LogP contribution is 2.55. The Morgan fingerprint density at radius 3 is 2.42 bits per heavy atom. The summed E-state index contributed by atoms with van der Waals surface area (Å²) < 4.78 is 0. The Morgan fingerprint density at radius 1 is 1.18 bits per heavy atom. The van der Waals surface area contributed by atoms with Crippen molar-refractivity contribution in [3.05, 3.63) is 45.7 Å². The van der Waals surface area contributed by atoms with Crippen LogP contribution in [0.4, 0.5) is 0 Å². The van der Waals surface area contributed by atoms with E-state index < -0.39 is 28.3 Å². The summed E-state index contributed by atoms with van der Waals surface area (Å²) in [5.74, 6) is -0.188. The van der Waals surface area contributed by atoms with Crippen LogP contribution in [0.3, 0.4) is 0 Å². The van der Waals surface area contributed by atoms with E-state index in [-0.39, 0.29) is 37.0 Å². The van der Waals surface area contributed by atoms with Crippen molar-refractivity contribution in [3.63, 3.8) is 0 Å². The van der Waals surface area contributed by atoms with Gasteiger partial charge in [-0.2, -0.15) is 9.68 Å². The average molecular weight is 469 g/mol. The Morgan fingerprint density at radius 2 is 1.85 bits per heavy atom. The van der Waals surface area contributed by atoms with Gasteiger partial charge in [0.1, 0.15) is 9.81 Å². The Kier molecular flexibility index (Phi) is 9.37. The maximum absolute atomic E-state index is 13.3. The summed E-state index contributed by atoms with van der Waals surface area (Å²) in [6, 6.07) is 9.60. The quantitative estimate of drug-likeness (QED) is 0.329. The summed E-state index contributed by atoms with van der Waals surface area (Å²) in [7, 11) is 0. The fourth-order valence-corrected chi connectivity index (χ4v) is 4.10. The van der Waals surface area contributed by atoms with Gasteiger partial charge in [-0.15, -0.1) is 0 Å². The summed E-state index contributed by atoms with van der Waals surface area (Å²) >= 11 is 0. The molecule has 3 unspecified atom stereocenters. The standard InChI is InChI=1S/C21H31N4O8/c1-3-23(4-2)20(27)21(16-9-6-5-7-10-16)13-17(21)14-22-19(26)12-8-11-18(33-25(30)31)15-32-24(28)29/h5-7,9-10,17-18H,3-4,8,11-15H2,1-2H3,(H2-,22,26,28,29,30,31)/q+1/p+1. The summed E-state index contributed by atoms with van der Waals surface area (Å²) in [4.78, 5) is 57.2. The summed E-state index contributed by atoms with van der Waals surface area (Å²) in [5.41, 5.74) is 0.313. The van der Waals surface area contributed by atoms with Crippen molar-refractivity contribution in [2.45, 2.75) is 51.0 Å². The lowest BCUT2D eigenvalue weighted by Crippen LogP contribution is -2.41. The van der Waals surface area contributed by atoms with Crippen LogP contribution < -0.4 is 5.32 Å². The molecule has 3 N–H and O–H groups in total. The number of rotatable bonds is 15. The van der Waals surface area contributed by atoms with Crippen LogP contribution in [-0.4, -0.2) is 69.6 Å². The van der Waals surface area contributed by atoms with Gasteiger partial charge in [-0.25, -0.2) is 10.4 Å². The molecule has 1 aromatic carbocycles. The third kappa shape index (κ3) is 7.02. The zero-order valence-electron chi connectivity index (χ0n) is 18.9. The Labute approximate surface area is 191 Å². The van der Waals surface area contributed by atoms with E-state index >= 15 is 0 Å². The third-order valence-electron chi connectivity index (χ3n) is 5.91. The zero-order valence-corrected chi connectivity index (χ0v) is 18.9. The van der Waals surface area contributed by atoms with Crippen LogP contribution in [0.1, 0.15) is 45.1 Å². The predicted octanol–water partition coefficient (Wildman–Crippen LogP) is 1.67. The van der Waals surface area contributed by atoms with Crippen molar-refractivity contribution < 1.29 is 39.9 Å². The molecule has 0 radical (unpaired) electrons. The first-order valence-electron chi connectivity index (χ1n) is 11.0. The zero-order chi connectivity index (χ0) is 24.4. The van der Waals surface area contributed by atoms with Gasteiger partial charge in [0.05, 0.1) is 5.41 Å². The monoisotopic (exact) mass is 468 g/mol. The molecular formula is C21H32N4O8+2. The normalized spacial score (nSPS) is 19.8. The van der Waals surface area contributed by atoms with Crippen LogP contribution >= 0.6 is 0 Å². The molecule has 0 heterocycles. The molecule has 1 aliphatic carbocycles. The first kappa shape index (κ1) is 25.8. The number of hydrogen-bond acceptors (Lipinski definition) is 6. The minimum atomic E-state index is -1.04. The maximum Gasteiger partial charge on any atom is 0.475 e. The minimum Gasteiger partial charge on any atom is -0.356 e. The molecule has 0 aliphatic heterocycles. The highest BCUT2D eigenvalue weighted by atomic mass is 17.0. The average Bonchev–Trinajstić information content (AvgIpc) is 3.52. The first-order valence-corrected chi connectivity index (χ1v) is 11.0. The topological polar surface area (TPSA) is 148 Å². The van der Waals surface area contributed by atoms with Gasteiger partial charge >= 0.3 is 10.2 Å². The fourth-order valence-electron chi connectivity index (χ4n) is 4.10. The van der Waals surface area contributed by atoms with Crippen LogP contribution in [0.2, 0.25) is 0 Å². The number of carbonyl (C=O) groups is 2. The van der Waals surface area contributed by atoms with Gasteiger partial charge in [0, 0.05) is 26.1 Å². The van der Waals surface area contributed by atoms with Gasteiger partial charge in [-0.05, 0) is 44.6 Å². The summed E-state index contributed by atoms with van der Waals surface area (Å²) in [6.07, 6.45) is 0.0929. The number of nitrogens with one attached hydrogen (secondary N) is 1. The number of amides is 2. The number of nitrogens with zero attached hydrogens (tertiary/aromatic N) is 3. The van der Waals surface area contributed by atoms with Gasteiger partial charge in [0.25, 0.3) is 0 Å². The molecule has 1 aromatic rings. The lowest BCUT2D eigenvalue weighted by atomic mass is 9.91. The second-order valence-corrected chi connectivity index (χ2v) is 7.91. The van der Waals surface area contributed by atoms with Crippen molar-refractivity contribution in [2.24, 2.45) is 5.92 Å². The highest BCUT2D eigenvalue weighted by Gasteiger charge is 2.61. The first-order chi connectivity index (χ1) is 15.7. The molecule has 0 bridgehead atoms. The van der Waals surface area contributed by atoms with Crippen molar-refractivity contribution in [2.75, 3.05) is 26.2 Å². The molecule has 2 amide bonds. The van der Waals surface area contributed by atoms with E-state index in [0.29, 0.717) is 26.1 Å². The number of benzene rings is 1. The molecule has 12 nitrogen and oxygen atoms in total. The van der Waals surface area contributed by atoms with E-state index in [1.54, 1.807) is 0 Å². The van der Waals surface area contributed by atoms with E-state index in [1.165, 1.54) is 0 Å². The molecular weight excluding hydrogens is 436 g/mol. The second-order valence-electron chi connectivity index (χ2n) is 7.91. The fraction of sp³-hybridized carbons (Fsp3) is 0.619. The van der Waals surface area contributed by atoms with Gasteiger partial charge in [0.2, 0.25) is 24.5 Å². The molecule has 12 heteroatoms. The van der Waals surface area contributed by atoms with Crippen molar-refractivity contribution >= 4 is 11.8 Å². The highest BCUT2D eigenvalue weighted by molar-refractivity contribution is 5.92. The SMILES string of the molecule is CCN(CC)C(=O)C1(c2ccccc2)CC1CNC(=O)CCCC(CO[N+](=O)O)O[N+](=O)O. The van der Waals surface area contributed by atoms with E-state index in [0.717, 1.165) is 5.56 Å². The van der Waals surface area contributed by atoms with Gasteiger partial charge in [0.15, 0.2) is 0 Å². The molecule has 2 rings (SSSR count). The molecule has 0 spiro atoms. The second kappa shape index (κ2) is 12.0. The van der Waals surface area contributed by atoms with Gasteiger partial charge < -0.3 is 10.2 Å². The molecule has 0 saturated heterocycles. The van der Waals surface area contributed by atoms with Crippen LogP contribution in [-0.2, 0) is 24.7 Å².